The molecule has 13 nitrogen and oxygen atoms in total. The predicted octanol–water partition coefficient (Wildman–Crippen LogP) is 4.17. The second-order valence-electron chi connectivity index (χ2n) is 12.7. The number of carbonyl (C=O) groups is 2. The summed E-state index contributed by atoms with van der Waals surface area (Å²) < 4.78 is 61.4. The van der Waals surface area contributed by atoms with Crippen molar-refractivity contribution in [2.45, 2.75) is 40.1 Å². The van der Waals surface area contributed by atoms with Gasteiger partial charge in [-0.2, -0.15) is 0 Å². The fraction of sp³-hybridized carbons (Fsp3) is 0.324. The summed E-state index contributed by atoms with van der Waals surface area (Å²) in [6, 6.07) is 21.9. The number of sulfonamides is 1. The standard InChI is InChI=1S/C37H42N6O7S3/c1-52(46,47)34-24-30(13-14-33(34)40-28(16-19-42-20-22-50-23-21-42)26-51-29-9-3-2-4-10-29)53(48,49)41-37(45)43(35-12-5-6-17-39-35)36(44)31-11-7-8-27-15-18-38-25-32(27)31/h2-14,17,24,28,38,40H,15-16,18-23,25-26H2,1H3,(H,41,45)/t28-/m1/s1. The van der Waals surface area contributed by atoms with E-state index in [1.165, 1.54) is 24.4 Å². The summed E-state index contributed by atoms with van der Waals surface area (Å²) in [5.74, 6) is -0.226. The molecule has 0 unspecified atom stereocenters. The molecule has 1 fully saturated rings. The molecule has 3 N–H and O–H groups in total. The van der Waals surface area contributed by atoms with Gasteiger partial charge >= 0.3 is 6.03 Å². The highest BCUT2D eigenvalue weighted by Gasteiger charge is 2.32. The molecular weight excluding hydrogens is 737 g/mol. The first-order valence-corrected chi connectivity index (χ1v) is 21.6. The molecule has 0 aliphatic carbocycles. The second-order valence-corrected chi connectivity index (χ2v) is 17.5. The van der Waals surface area contributed by atoms with Crippen molar-refractivity contribution < 1.29 is 31.2 Å². The lowest BCUT2D eigenvalue weighted by atomic mass is 9.95. The van der Waals surface area contributed by atoms with E-state index in [2.05, 4.69) is 20.5 Å². The Balaban J connectivity index is 1.26. The van der Waals surface area contributed by atoms with Gasteiger partial charge < -0.3 is 15.4 Å². The molecule has 3 aromatic carbocycles. The summed E-state index contributed by atoms with van der Waals surface area (Å²) in [6.07, 6.45) is 3.77. The Labute approximate surface area is 314 Å². The van der Waals surface area contributed by atoms with Crippen molar-refractivity contribution in [3.05, 3.63) is 108 Å². The number of aromatic nitrogens is 1. The zero-order valence-electron chi connectivity index (χ0n) is 29.2. The van der Waals surface area contributed by atoms with E-state index in [0.29, 0.717) is 48.8 Å². The number of sulfone groups is 1. The van der Waals surface area contributed by atoms with Gasteiger partial charge in [0, 0.05) is 60.9 Å². The lowest BCUT2D eigenvalue weighted by Crippen LogP contribution is -2.47. The fourth-order valence-electron chi connectivity index (χ4n) is 6.23. The minimum Gasteiger partial charge on any atom is -0.380 e. The first-order valence-electron chi connectivity index (χ1n) is 17.2. The van der Waals surface area contributed by atoms with Crippen LogP contribution in [0.2, 0.25) is 0 Å². The number of rotatable bonds is 13. The Bertz CT molecular complexity index is 2130. The van der Waals surface area contributed by atoms with Crippen molar-refractivity contribution in [3.63, 3.8) is 0 Å². The van der Waals surface area contributed by atoms with Gasteiger partial charge in [-0.15, -0.1) is 11.8 Å². The van der Waals surface area contributed by atoms with E-state index in [4.69, 9.17) is 4.74 Å². The number of fused-ring (bicyclic) bond motifs is 1. The van der Waals surface area contributed by atoms with Crippen LogP contribution in [0, 0.1) is 0 Å². The molecule has 0 radical (unpaired) electrons. The maximum Gasteiger partial charge on any atom is 0.344 e. The summed E-state index contributed by atoms with van der Waals surface area (Å²) >= 11 is 1.63. The third kappa shape index (κ3) is 9.82. The van der Waals surface area contributed by atoms with E-state index in [0.717, 1.165) is 49.0 Å². The number of carbonyl (C=O) groups excluding carboxylic acids is 2. The smallest absolute Gasteiger partial charge is 0.344 e. The Morgan fingerprint density at radius 2 is 1.75 bits per heavy atom. The highest BCUT2D eigenvalue weighted by atomic mass is 32.2. The van der Waals surface area contributed by atoms with Crippen LogP contribution < -0.4 is 20.3 Å². The first-order chi connectivity index (χ1) is 25.5. The topological polar surface area (TPSA) is 167 Å². The van der Waals surface area contributed by atoms with Crippen LogP contribution in [0.3, 0.4) is 0 Å². The van der Waals surface area contributed by atoms with E-state index in [1.807, 2.05) is 41.1 Å². The van der Waals surface area contributed by atoms with Gasteiger partial charge in [0.2, 0.25) is 0 Å². The van der Waals surface area contributed by atoms with E-state index < -0.39 is 36.7 Å². The Hall–Kier alpha value is -4.32. The number of morpholine rings is 1. The number of thioether (sulfide) groups is 1. The van der Waals surface area contributed by atoms with Crippen molar-refractivity contribution >= 4 is 55.1 Å². The van der Waals surface area contributed by atoms with Crippen LogP contribution in [0.25, 0.3) is 0 Å². The van der Waals surface area contributed by atoms with Crippen LogP contribution in [-0.4, -0.2) is 96.1 Å². The summed E-state index contributed by atoms with van der Waals surface area (Å²) in [6.45, 7) is 4.82. The van der Waals surface area contributed by atoms with Crippen LogP contribution in [0.15, 0.2) is 106 Å². The molecule has 4 aromatic rings. The van der Waals surface area contributed by atoms with Crippen LogP contribution in [-0.2, 0) is 37.6 Å². The van der Waals surface area contributed by atoms with Gasteiger partial charge in [0.05, 0.1) is 28.7 Å². The van der Waals surface area contributed by atoms with Crippen molar-refractivity contribution in [2.75, 3.05) is 61.6 Å². The number of imide groups is 1. The SMILES string of the molecule is CS(=O)(=O)c1cc(S(=O)(=O)NC(=O)N(C(=O)c2cccc3c2CNCC3)c2ccccn2)ccc1N[C@H](CCN1CCOCC1)CSc1ccccc1. The largest absolute Gasteiger partial charge is 0.380 e. The van der Waals surface area contributed by atoms with E-state index in [-0.39, 0.29) is 28.0 Å². The zero-order valence-corrected chi connectivity index (χ0v) is 31.7. The number of hydrogen-bond donors (Lipinski definition) is 3. The Morgan fingerprint density at radius 3 is 2.49 bits per heavy atom. The highest BCUT2D eigenvalue weighted by molar-refractivity contribution is 7.99. The van der Waals surface area contributed by atoms with Crippen molar-refractivity contribution in [1.82, 2.24) is 19.9 Å². The fourth-order valence-corrected chi connectivity index (χ4v) is 9.12. The average Bonchev–Trinajstić information content (AvgIpc) is 3.16. The number of nitrogens with one attached hydrogen (secondary N) is 3. The number of pyridine rings is 1. The molecular formula is C37H42N6O7S3. The molecule has 1 saturated heterocycles. The van der Waals surface area contributed by atoms with Crippen molar-refractivity contribution in [2.24, 2.45) is 0 Å². The molecule has 1 atom stereocenters. The van der Waals surface area contributed by atoms with Crippen molar-refractivity contribution in [1.29, 1.82) is 0 Å². The van der Waals surface area contributed by atoms with Crippen LogP contribution in [0.4, 0.5) is 16.3 Å². The average molecular weight is 779 g/mol. The van der Waals surface area contributed by atoms with E-state index in [9.17, 15) is 26.4 Å². The number of hydrogen-bond acceptors (Lipinski definition) is 12. The molecule has 3 amide bonds. The normalized spacial score (nSPS) is 15.6. The maximum absolute atomic E-state index is 14.0. The molecule has 16 heteroatoms. The van der Waals surface area contributed by atoms with Gasteiger partial charge in [0.1, 0.15) is 5.82 Å². The number of ether oxygens (including phenoxy) is 1. The molecule has 1 aromatic heterocycles. The molecule has 280 valence electrons. The number of anilines is 2. The van der Waals surface area contributed by atoms with Gasteiger partial charge in [0.25, 0.3) is 15.9 Å². The molecule has 2 aliphatic heterocycles. The summed E-state index contributed by atoms with van der Waals surface area (Å²) in [4.78, 5) is 35.3. The van der Waals surface area contributed by atoms with Gasteiger partial charge in [-0.25, -0.2) is 36.2 Å². The number of benzene rings is 3. The predicted molar refractivity (Wildman–Crippen MR) is 205 cm³/mol. The van der Waals surface area contributed by atoms with Crippen LogP contribution >= 0.6 is 11.8 Å². The minimum atomic E-state index is -4.69. The van der Waals surface area contributed by atoms with Gasteiger partial charge in [0.15, 0.2) is 9.84 Å². The first kappa shape index (κ1) is 38.4. The van der Waals surface area contributed by atoms with Crippen LogP contribution in [0.1, 0.15) is 27.9 Å². The Kier molecular flexibility index (Phi) is 12.5. The molecule has 0 spiro atoms. The number of nitrogens with zero attached hydrogens (tertiary/aromatic N) is 3. The quantitative estimate of drug-likeness (QED) is 0.166. The monoisotopic (exact) mass is 778 g/mol. The third-order valence-corrected chi connectivity index (χ3v) is 12.6. The van der Waals surface area contributed by atoms with E-state index in [1.54, 1.807) is 36.0 Å². The summed E-state index contributed by atoms with van der Waals surface area (Å²) in [5.41, 5.74) is 2.14. The lowest BCUT2D eigenvalue weighted by Gasteiger charge is -2.29. The van der Waals surface area contributed by atoms with Crippen LogP contribution in [0.5, 0.6) is 0 Å². The van der Waals surface area contributed by atoms with Gasteiger partial charge in [-0.3, -0.25) is 9.69 Å². The molecule has 3 heterocycles. The van der Waals surface area contributed by atoms with Gasteiger partial charge in [-0.05, 0) is 79.0 Å². The third-order valence-electron chi connectivity index (χ3n) is 9.00. The molecule has 0 saturated carbocycles. The molecule has 0 bridgehead atoms. The minimum absolute atomic E-state index is 0.0839. The lowest BCUT2D eigenvalue weighted by molar-refractivity contribution is 0.0370. The van der Waals surface area contributed by atoms with E-state index >= 15 is 0 Å². The molecule has 6 rings (SSSR count). The molecule has 2 aliphatic rings. The Morgan fingerprint density at radius 1 is 0.981 bits per heavy atom. The summed E-state index contributed by atoms with van der Waals surface area (Å²) in [7, 11) is -8.66. The number of amides is 3. The second kappa shape index (κ2) is 17.2. The zero-order chi connectivity index (χ0) is 37.4. The van der Waals surface area contributed by atoms with Crippen molar-refractivity contribution in [3.8, 4) is 0 Å². The maximum atomic E-state index is 14.0. The molecule has 53 heavy (non-hydrogen) atoms. The van der Waals surface area contributed by atoms with Gasteiger partial charge in [-0.1, -0.05) is 36.4 Å². The number of urea groups is 1. The highest BCUT2D eigenvalue weighted by Crippen LogP contribution is 2.29. The summed E-state index contributed by atoms with van der Waals surface area (Å²) in [5, 5.41) is 6.60.